The first-order valence-electron chi connectivity index (χ1n) is 5.83. The van der Waals surface area contributed by atoms with Crippen LogP contribution in [0.25, 0.3) is 0 Å². The molecule has 0 fully saturated rings. The van der Waals surface area contributed by atoms with Gasteiger partial charge in [0, 0.05) is 25.4 Å². The van der Waals surface area contributed by atoms with Gasteiger partial charge < -0.3 is 10.1 Å². The second-order valence-electron chi connectivity index (χ2n) is 3.88. The predicted octanol–water partition coefficient (Wildman–Crippen LogP) is 2.53. The molecule has 16 heavy (non-hydrogen) atoms. The van der Waals surface area contributed by atoms with Crippen molar-refractivity contribution in [1.82, 2.24) is 9.97 Å². The maximum Gasteiger partial charge on any atom is 0.156 e. The van der Waals surface area contributed by atoms with Gasteiger partial charge >= 0.3 is 0 Å². The van der Waals surface area contributed by atoms with E-state index in [1.165, 1.54) is 19.3 Å². The average Bonchev–Trinajstić information content (AvgIpc) is 2.24. The predicted molar refractivity (Wildman–Crippen MR) is 65.5 cm³/mol. The summed E-state index contributed by atoms with van der Waals surface area (Å²) in [6.45, 7) is 5.60. The Kier molecular flexibility index (Phi) is 5.78. The van der Waals surface area contributed by atoms with E-state index in [1.54, 1.807) is 7.11 Å². The second kappa shape index (κ2) is 7.17. The van der Waals surface area contributed by atoms with Crippen molar-refractivity contribution in [3.8, 4) is 0 Å². The summed E-state index contributed by atoms with van der Waals surface area (Å²) in [6.07, 6.45) is 3.67. The molecule has 1 N–H and O–H groups in total. The summed E-state index contributed by atoms with van der Waals surface area (Å²) in [5.74, 6) is 1.64. The summed E-state index contributed by atoms with van der Waals surface area (Å²) in [5, 5.41) is 3.31. The van der Waals surface area contributed by atoms with Crippen molar-refractivity contribution < 1.29 is 4.74 Å². The van der Waals surface area contributed by atoms with Crippen LogP contribution in [0.3, 0.4) is 0 Å². The van der Waals surface area contributed by atoms with Gasteiger partial charge in [0.1, 0.15) is 12.4 Å². The van der Waals surface area contributed by atoms with Gasteiger partial charge in [0.25, 0.3) is 0 Å². The molecule has 0 unspecified atom stereocenters. The average molecular weight is 223 g/mol. The first-order chi connectivity index (χ1) is 7.76. The van der Waals surface area contributed by atoms with Crippen molar-refractivity contribution in [2.45, 2.75) is 39.7 Å². The zero-order chi connectivity index (χ0) is 11.8. The molecule has 0 aliphatic rings. The van der Waals surface area contributed by atoms with Crippen molar-refractivity contribution in [3.05, 3.63) is 17.6 Å². The summed E-state index contributed by atoms with van der Waals surface area (Å²) >= 11 is 0. The maximum absolute atomic E-state index is 5.03. The van der Waals surface area contributed by atoms with Crippen molar-refractivity contribution in [2.75, 3.05) is 19.0 Å². The lowest BCUT2D eigenvalue weighted by molar-refractivity contribution is 0.177. The van der Waals surface area contributed by atoms with E-state index >= 15 is 0 Å². The Labute approximate surface area is 97.5 Å². The zero-order valence-corrected chi connectivity index (χ0v) is 10.4. The molecule has 1 rings (SSSR count). The summed E-state index contributed by atoms with van der Waals surface area (Å²) in [7, 11) is 1.65. The highest BCUT2D eigenvalue weighted by Gasteiger charge is 2.01. The van der Waals surface area contributed by atoms with E-state index in [-0.39, 0.29) is 0 Å². The summed E-state index contributed by atoms with van der Waals surface area (Å²) in [4.78, 5) is 8.67. The van der Waals surface area contributed by atoms with E-state index in [2.05, 4.69) is 22.2 Å². The number of unbranched alkanes of at least 4 members (excludes halogenated alkanes) is 2. The molecular weight excluding hydrogens is 202 g/mol. The third-order valence-corrected chi connectivity index (χ3v) is 2.26. The van der Waals surface area contributed by atoms with Crippen LogP contribution in [0.4, 0.5) is 5.82 Å². The number of hydrogen-bond acceptors (Lipinski definition) is 4. The highest BCUT2D eigenvalue weighted by molar-refractivity contribution is 5.35. The minimum atomic E-state index is 0.464. The summed E-state index contributed by atoms with van der Waals surface area (Å²) in [5.41, 5.74) is 0.972. The van der Waals surface area contributed by atoms with Crippen LogP contribution in [0.15, 0.2) is 6.07 Å². The van der Waals surface area contributed by atoms with Crippen LogP contribution < -0.4 is 5.32 Å². The third kappa shape index (κ3) is 4.57. The highest BCUT2D eigenvalue weighted by atomic mass is 16.5. The van der Waals surface area contributed by atoms with Crippen LogP contribution in [0.5, 0.6) is 0 Å². The molecule has 0 saturated heterocycles. The molecule has 0 aromatic carbocycles. The fourth-order valence-electron chi connectivity index (χ4n) is 1.51. The number of hydrogen-bond donors (Lipinski definition) is 1. The number of rotatable bonds is 7. The van der Waals surface area contributed by atoms with Gasteiger partial charge in [-0.3, -0.25) is 0 Å². The molecule has 1 aromatic heterocycles. The summed E-state index contributed by atoms with van der Waals surface area (Å²) < 4.78 is 5.03. The van der Waals surface area contributed by atoms with Gasteiger partial charge in [0.05, 0.1) is 0 Å². The minimum absolute atomic E-state index is 0.464. The van der Waals surface area contributed by atoms with Gasteiger partial charge in [-0.1, -0.05) is 19.8 Å². The molecule has 0 atom stereocenters. The van der Waals surface area contributed by atoms with Crippen molar-refractivity contribution in [2.24, 2.45) is 0 Å². The molecule has 0 aliphatic carbocycles. The Balaban J connectivity index is 2.51. The van der Waals surface area contributed by atoms with Crippen LogP contribution in [-0.2, 0) is 11.3 Å². The smallest absolute Gasteiger partial charge is 0.156 e. The topological polar surface area (TPSA) is 47.0 Å². The lowest BCUT2D eigenvalue weighted by Gasteiger charge is -2.07. The SMILES string of the molecule is CCCCCNc1cc(C)nc(COC)n1. The van der Waals surface area contributed by atoms with E-state index in [0.29, 0.717) is 6.61 Å². The standard InChI is InChI=1S/C12H21N3O/c1-4-5-6-7-13-11-8-10(2)14-12(15-11)9-16-3/h8H,4-7,9H2,1-3H3,(H,13,14,15). The van der Waals surface area contributed by atoms with Gasteiger partial charge in [0.2, 0.25) is 0 Å². The number of aromatic nitrogens is 2. The number of nitrogens with one attached hydrogen (secondary N) is 1. The van der Waals surface area contributed by atoms with E-state index in [9.17, 15) is 0 Å². The highest BCUT2D eigenvalue weighted by Crippen LogP contribution is 2.07. The third-order valence-electron chi connectivity index (χ3n) is 2.26. The van der Waals surface area contributed by atoms with E-state index in [1.807, 2.05) is 13.0 Å². The van der Waals surface area contributed by atoms with Crippen molar-refractivity contribution in [1.29, 1.82) is 0 Å². The van der Waals surface area contributed by atoms with Crippen molar-refractivity contribution >= 4 is 5.82 Å². The van der Waals surface area contributed by atoms with Crippen LogP contribution in [-0.4, -0.2) is 23.6 Å². The second-order valence-corrected chi connectivity index (χ2v) is 3.88. The Bertz CT molecular complexity index is 315. The van der Waals surface area contributed by atoms with Gasteiger partial charge in [-0.05, 0) is 13.3 Å². The Hall–Kier alpha value is -1.16. The molecule has 1 heterocycles. The van der Waals surface area contributed by atoms with E-state index in [0.717, 1.165) is 23.9 Å². The van der Waals surface area contributed by atoms with Crippen molar-refractivity contribution in [3.63, 3.8) is 0 Å². The number of ether oxygens (including phenoxy) is 1. The van der Waals surface area contributed by atoms with Crippen LogP contribution in [0.2, 0.25) is 0 Å². The van der Waals surface area contributed by atoms with Gasteiger partial charge in [-0.15, -0.1) is 0 Å². The van der Waals surface area contributed by atoms with E-state index in [4.69, 9.17) is 4.74 Å². The first kappa shape index (κ1) is 12.9. The molecule has 4 heteroatoms. The Morgan fingerprint density at radius 3 is 2.81 bits per heavy atom. The van der Waals surface area contributed by atoms with Gasteiger partial charge in [0.15, 0.2) is 5.82 Å². The fraction of sp³-hybridized carbons (Fsp3) is 0.667. The lowest BCUT2D eigenvalue weighted by Crippen LogP contribution is -2.07. The number of nitrogens with zero attached hydrogens (tertiary/aromatic N) is 2. The largest absolute Gasteiger partial charge is 0.377 e. The van der Waals surface area contributed by atoms with Crippen LogP contribution in [0, 0.1) is 6.92 Å². The monoisotopic (exact) mass is 223 g/mol. The quantitative estimate of drug-likeness (QED) is 0.722. The Morgan fingerprint density at radius 1 is 1.31 bits per heavy atom. The lowest BCUT2D eigenvalue weighted by atomic mass is 10.2. The van der Waals surface area contributed by atoms with E-state index < -0.39 is 0 Å². The Morgan fingerprint density at radius 2 is 2.12 bits per heavy atom. The molecular formula is C12H21N3O. The van der Waals surface area contributed by atoms with Crippen LogP contribution >= 0.6 is 0 Å². The maximum atomic E-state index is 5.03. The van der Waals surface area contributed by atoms with Gasteiger partial charge in [-0.25, -0.2) is 9.97 Å². The number of anilines is 1. The molecule has 0 saturated carbocycles. The van der Waals surface area contributed by atoms with Crippen LogP contribution in [0.1, 0.15) is 37.7 Å². The van der Waals surface area contributed by atoms with Gasteiger partial charge in [-0.2, -0.15) is 0 Å². The molecule has 0 amide bonds. The fourth-order valence-corrected chi connectivity index (χ4v) is 1.51. The summed E-state index contributed by atoms with van der Waals surface area (Å²) in [6, 6.07) is 1.96. The zero-order valence-electron chi connectivity index (χ0n) is 10.4. The number of methoxy groups -OCH3 is 1. The number of aryl methyl sites for hydroxylation is 1. The molecule has 0 radical (unpaired) electrons. The molecule has 0 spiro atoms. The molecule has 90 valence electrons. The first-order valence-corrected chi connectivity index (χ1v) is 5.83. The normalized spacial score (nSPS) is 10.4. The molecule has 4 nitrogen and oxygen atoms in total. The minimum Gasteiger partial charge on any atom is -0.377 e. The molecule has 0 bridgehead atoms. The molecule has 0 aliphatic heterocycles. The molecule has 1 aromatic rings.